The Bertz CT molecular complexity index is 795. The van der Waals surface area contributed by atoms with Gasteiger partial charge in [-0.2, -0.15) is 0 Å². The molecule has 1 fully saturated rings. The number of benzene rings is 2. The van der Waals surface area contributed by atoms with Crippen molar-refractivity contribution in [2.45, 2.75) is 13.0 Å². The number of nitrogens with zero attached hydrogens (tertiary/aromatic N) is 2. The van der Waals surface area contributed by atoms with Gasteiger partial charge in [0.1, 0.15) is 12.4 Å². The molecule has 3 rings (SSSR count). The molecule has 1 saturated heterocycles. The average Bonchev–Trinajstić information content (AvgIpc) is 3.07. The molecule has 0 spiro atoms. The lowest BCUT2D eigenvalue weighted by Gasteiger charge is -2.26. The van der Waals surface area contributed by atoms with E-state index in [1.165, 1.54) is 28.0 Å². The van der Waals surface area contributed by atoms with Gasteiger partial charge in [0.2, 0.25) is 0 Å². The average molecular weight is 342 g/mol. The van der Waals surface area contributed by atoms with E-state index in [0.29, 0.717) is 12.2 Å². The molecule has 0 saturated carbocycles. The second-order valence-electron chi connectivity index (χ2n) is 5.93. The minimum Gasteiger partial charge on any atom is -0.447 e. The molecule has 1 heterocycles. The van der Waals surface area contributed by atoms with Crippen LogP contribution in [0.25, 0.3) is 0 Å². The van der Waals surface area contributed by atoms with Crippen molar-refractivity contribution in [1.29, 1.82) is 0 Å². The summed E-state index contributed by atoms with van der Waals surface area (Å²) < 4.78 is 19.1. The molecule has 2 aromatic rings. The third kappa shape index (κ3) is 3.33. The molecular weight excluding hydrogens is 323 g/mol. The fraction of sp³-hybridized carbons (Fsp3) is 0.263. The fourth-order valence-corrected chi connectivity index (χ4v) is 2.79. The quantitative estimate of drug-likeness (QED) is 0.853. The Kier molecular flexibility index (Phi) is 4.70. The zero-order chi connectivity index (χ0) is 18.0. The third-order valence-electron chi connectivity index (χ3n) is 4.44. The Hall–Kier alpha value is -2.89. The first kappa shape index (κ1) is 17.0. The number of hydrogen-bond donors (Lipinski definition) is 0. The highest BCUT2D eigenvalue weighted by Crippen LogP contribution is 2.25. The summed E-state index contributed by atoms with van der Waals surface area (Å²) in [5.74, 6) is -1.06. The Morgan fingerprint density at radius 3 is 2.60 bits per heavy atom. The number of cyclic esters (lactones) is 1. The summed E-state index contributed by atoms with van der Waals surface area (Å²) >= 11 is 0. The molecule has 0 aromatic heterocycles. The standard InChI is InChI=1S/C19H19FN2O3/c1-13(14-6-4-3-5-7-14)21(2)18(23)16-12-15(8-9-17(16)20)22-10-11-25-19(22)24/h3-9,12-13H,10-11H2,1-2H3. The van der Waals surface area contributed by atoms with Crippen LogP contribution in [0.15, 0.2) is 48.5 Å². The predicted octanol–water partition coefficient (Wildman–Crippen LogP) is 3.62. The van der Waals surface area contributed by atoms with Crippen LogP contribution in [0.5, 0.6) is 0 Å². The zero-order valence-corrected chi connectivity index (χ0v) is 14.1. The van der Waals surface area contributed by atoms with E-state index < -0.39 is 17.8 Å². The van der Waals surface area contributed by atoms with Crippen molar-refractivity contribution in [3.8, 4) is 0 Å². The lowest BCUT2D eigenvalue weighted by molar-refractivity contribution is 0.0738. The monoisotopic (exact) mass is 342 g/mol. The number of ether oxygens (including phenoxy) is 1. The van der Waals surface area contributed by atoms with E-state index in [2.05, 4.69) is 0 Å². The molecule has 0 radical (unpaired) electrons. The summed E-state index contributed by atoms with van der Waals surface area (Å²) in [6, 6.07) is 13.4. The predicted molar refractivity (Wildman–Crippen MR) is 92.0 cm³/mol. The molecule has 0 bridgehead atoms. The molecule has 5 nitrogen and oxygen atoms in total. The van der Waals surface area contributed by atoms with Gasteiger partial charge in [-0.1, -0.05) is 30.3 Å². The van der Waals surface area contributed by atoms with Crippen LogP contribution in [0.4, 0.5) is 14.9 Å². The molecule has 1 aliphatic heterocycles. The van der Waals surface area contributed by atoms with E-state index in [1.54, 1.807) is 7.05 Å². The van der Waals surface area contributed by atoms with Crippen LogP contribution in [0.2, 0.25) is 0 Å². The Labute approximate surface area is 145 Å². The van der Waals surface area contributed by atoms with Crippen molar-refractivity contribution in [2.75, 3.05) is 25.1 Å². The Balaban J connectivity index is 1.87. The summed E-state index contributed by atoms with van der Waals surface area (Å²) in [6.45, 7) is 2.55. The van der Waals surface area contributed by atoms with Crippen LogP contribution in [0.3, 0.4) is 0 Å². The molecule has 25 heavy (non-hydrogen) atoms. The van der Waals surface area contributed by atoms with E-state index in [0.717, 1.165) is 5.56 Å². The highest BCUT2D eigenvalue weighted by Gasteiger charge is 2.27. The van der Waals surface area contributed by atoms with Crippen LogP contribution in [-0.4, -0.2) is 37.1 Å². The highest BCUT2D eigenvalue weighted by molar-refractivity contribution is 5.97. The zero-order valence-electron chi connectivity index (χ0n) is 14.1. The molecule has 1 aliphatic rings. The van der Waals surface area contributed by atoms with E-state index in [-0.39, 0.29) is 18.2 Å². The van der Waals surface area contributed by atoms with Gasteiger partial charge < -0.3 is 9.64 Å². The second kappa shape index (κ2) is 6.93. The van der Waals surface area contributed by atoms with Gasteiger partial charge in [-0.3, -0.25) is 9.69 Å². The van der Waals surface area contributed by atoms with Crippen LogP contribution in [-0.2, 0) is 4.74 Å². The van der Waals surface area contributed by atoms with Gasteiger partial charge in [0.05, 0.1) is 18.2 Å². The van der Waals surface area contributed by atoms with E-state index in [9.17, 15) is 14.0 Å². The van der Waals surface area contributed by atoms with Crippen molar-refractivity contribution < 1.29 is 18.7 Å². The normalized spacial score (nSPS) is 15.0. The van der Waals surface area contributed by atoms with E-state index in [4.69, 9.17) is 4.74 Å². The van der Waals surface area contributed by atoms with E-state index >= 15 is 0 Å². The fourth-order valence-electron chi connectivity index (χ4n) is 2.79. The first-order valence-electron chi connectivity index (χ1n) is 8.05. The lowest BCUT2D eigenvalue weighted by Crippen LogP contribution is -2.31. The molecular formula is C19H19FN2O3. The molecule has 1 unspecified atom stereocenters. The van der Waals surface area contributed by atoms with Gasteiger partial charge in [0, 0.05) is 12.7 Å². The van der Waals surface area contributed by atoms with Crippen LogP contribution in [0, 0.1) is 5.82 Å². The van der Waals surface area contributed by atoms with E-state index in [1.807, 2.05) is 37.3 Å². The molecule has 0 aliphatic carbocycles. The van der Waals surface area contributed by atoms with Crippen molar-refractivity contribution in [3.63, 3.8) is 0 Å². The Morgan fingerprint density at radius 2 is 1.96 bits per heavy atom. The topological polar surface area (TPSA) is 49.9 Å². The SMILES string of the molecule is CC(c1ccccc1)N(C)C(=O)c1cc(N2CCOC2=O)ccc1F. The maximum Gasteiger partial charge on any atom is 0.414 e. The number of carbonyl (C=O) groups is 2. The van der Waals surface area contributed by atoms with Gasteiger partial charge in [0.15, 0.2) is 0 Å². The maximum absolute atomic E-state index is 14.2. The lowest BCUT2D eigenvalue weighted by atomic mass is 10.1. The van der Waals surface area contributed by atoms with Gasteiger partial charge in [-0.25, -0.2) is 9.18 Å². The van der Waals surface area contributed by atoms with Crippen LogP contribution in [0.1, 0.15) is 28.9 Å². The Morgan fingerprint density at radius 1 is 1.24 bits per heavy atom. The largest absolute Gasteiger partial charge is 0.447 e. The highest BCUT2D eigenvalue weighted by atomic mass is 19.1. The molecule has 1 atom stereocenters. The smallest absolute Gasteiger partial charge is 0.414 e. The number of halogens is 1. The summed E-state index contributed by atoms with van der Waals surface area (Å²) in [4.78, 5) is 27.3. The van der Waals surface area contributed by atoms with Crippen molar-refractivity contribution in [1.82, 2.24) is 4.90 Å². The third-order valence-corrected chi connectivity index (χ3v) is 4.44. The summed E-state index contributed by atoms with van der Waals surface area (Å²) in [7, 11) is 1.64. The number of rotatable bonds is 4. The first-order chi connectivity index (χ1) is 12.0. The van der Waals surface area contributed by atoms with Gasteiger partial charge in [0.25, 0.3) is 5.91 Å². The summed E-state index contributed by atoms with van der Waals surface area (Å²) in [5.41, 5.74) is 1.34. The van der Waals surface area contributed by atoms with Gasteiger partial charge in [-0.05, 0) is 30.7 Å². The van der Waals surface area contributed by atoms with Crippen molar-refractivity contribution >= 4 is 17.7 Å². The van der Waals surface area contributed by atoms with Crippen LogP contribution < -0.4 is 4.90 Å². The maximum atomic E-state index is 14.2. The molecule has 6 heteroatoms. The van der Waals surface area contributed by atoms with Gasteiger partial charge in [-0.15, -0.1) is 0 Å². The number of amides is 2. The minimum absolute atomic E-state index is 0.0671. The summed E-state index contributed by atoms with van der Waals surface area (Å²) in [5, 5.41) is 0. The van der Waals surface area contributed by atoms with Crippen LogP contribution >= 0.6 is 0 Å². The first-order valence-corrected chi connectivity index (χ1v) is 8.05. The molecule has 130 valence electrons. The molecule has 0 N–H and O–H groups in total. The molecule has 2 amide bonds. The molecule has 2 aromatic carbocycles. The summed E-state index contributed by atoms with van der Waals surface area (Å²) in [6.07, 6.45) is -0.490. The van der Waals surface area contributed by atoms with Crippen molar-refractivity contribution in [3.05, 3.63) is 65.5 Å². The minimum atomic E-state index is -0.617. The van der Waals surface area contributed by atoms with Gasteiger partial charge >= 0.3 is 6.09 Å². The second-order valence-corrected chi connectivity index (χ2v) is 5.93. The number of carbonyl (C=O) groups excluding carboxylic acids is 2. The van der Waals surface area contributed by atoms with Crippen molar-refractivity contribution in [2.24, 2.45) is 0 Å². The number of anilines is 1. The number of hydrogen-bond acceptors (Lipinski definition) is 3.